The van der Waals surface area contributed by atoms with Gasteiger partial charge < -0.3 is 15.4 Å². The van der Waals surface area contributed by atoms with E-state index in [1.54, 1.807) is 0 Å². The SMILES string of the molecule is CC(C)OCCN1C(=O)NC2(CCNCC2)C1=O. The molecule has 102 valence electrons. The predicted octanol–water partition coefficient (Wildman–Crippen LogP) is 0.0854. The van der Waals surface area contributed by atoms with Crippen molar-refractivity contribution >= 4 is 11.9 Å². The van der Waals surface area contributed by atoms with Crippen LogP contribution in [0.5, 0.6) is 0 Å². The lowest BCUT2D eigenvalue weighted by Gasteiger charge is -2.31. The second kappa shape index (κ2) is 5.24. The van der Waals surface area contributed by atoms with Crippen LogP contribution in [0, 0.1) is 0 Å². The van der Waals surface area contributed by atoms with Gasteiger partial charge in [0, 0.05) is 0 Å². The summed E-state index contributed by atoms with van der Waals surface area (Å²) in [6.07, 6.45) is 1.44. The molecule has 18 heavy (non-hydrogen) atoms. The molecule has 0 unspecified atom stereocenters. The van der Waals surface area contributed by atoms with Crippen LogP contribution in [0.2, 0.25) is 0 Å². The molecule has 0 radical (unpaired) electrons. The van der Waals surface area contributed by atoms with Gasteiger partial charge in [-0.3, -0.25) is 9.69 Å². The van der Waals surface area contributed by atoms with Gasteiger partial charge in [-0.1, -0.05) is 0 Å². The first-order valence-electron chi connectivity index (χ1n) is 6.51. The number of piperidine rings is 1. The van der Waals surface area contributed by atoms with Gasteiger partial charge in [0.25, 0.3) is 5.91 Å². The molecule has 2 aliphatic heterocycles. The molecule has 0 aromatic rings. The third kappa shape index (κ3) is 2.49. The third-order valence-electron chi connectivity index (χ3n) is 3.47. The van der Waals surface area contributed by atoms with E-state index >= 15 is 0 Å². The number of carbonyl (C=O) groups excluding carboxylic acids is 2. The number of amides is 3. The fraction of sp³-hybridized carbons (Fsp3) is 0.833. The van der Waals surface area contributed by atoms with E-state index in [4.69, 9.17) is 4.74 Å². The van der Waals surface area contributed by atoms with Crippen molar-refractivity contribution in [3.05, 3.63) is 0 Å². The molecule has 2 saturated heterocycles. The lowest BCUT2D eigenvalue weighted by Crippen LogP contribution is -2.54. The molecular formula is C12H21N3O3. The minimum atomic E-state index is -0.667. The van der Waals surface area contributed by atoms with Gasteiger partial charge in [-0.2, -0.15) is 0 Å². The number of nitrogens with zero attached hydrogens (tertiary/aromatic N) is 1. The van der Waals surface area contributed by atoms with Crippen LogP contribution in [-0.2, 0) is 9.53 Å². The Morgan fingerprint density at radius 3 is 2.61 bits per heavy atom. The van der Waals surface area contributed by atoms with Crippen LogP contribution in [0.4, 0.5) is 4.79 Å². The summed E-state index contributed by atoms with van der Waals surface area (Å²) in [5.41, 5.74) is -0.667. The van der Waals surface area contributed by atoms with E-state index in [2.05, 4.69) is 10.6 Å². The maximum absolute atomic E-state index is 12.3. The maximum Gasteiger partial charge on any atom is 0.325 e. The van der Waals surface area contributed by atoms with E-state index in [9.17, 15) is 9.59 Å². The van der Waals surface area contributed by atoms with Gasteiger partial charge in [-0.15, -0.1) is 0 Å². The molecule has 2 N–H and O–H groups in total. The van der Waals surface area contributed by atoms with Crippen molar-refractivity contribution in [3.8, 4) is 0 Å². The zero-order valence-electron chi connectivity index (χ0n) is 11.0. The van der Waals surface area contributed by atoms with Crippen molar-refractivity contribution < 1.29 is 14.3 Å². The maximum atomic E-state index is 12.3. The van der Waals surface area contributed by atoms with E-state index in [0.29, 0.717) is 26.0 Å². The molecule has 2 fully saturated rings. The summed E-state index contributed by atoms with van der Waals surface area (Å²) in [4.78, 5) is 25.5. The average molecular weight is 255 g/mol. The Kier molecular flexibility index (Phi) is 3.87. The summed E-state index contributed by atoms with van der Waals surface area (Å²) in [7, 11) is 0. The number of rotatable bonds is 4. The molecule has 2 rings (SSSR count). The molecule has 0 bridgehead atoms. The van der Waals surface area contributed by atoms with Crippen LogP contribution >= 0.6 is 0 Å². The normalized spacial score (nSPS) is 22.9. The van der Waals surface area contributed by atoms with E-state index in [1.807, 2.05) is 13.8 Å². The van der Waals surface area contributed by atoms with Crippen LogP contribution in [0.3, 0.4) is 0 Å². The highest BCUT2D eigenvalue weighted by Crippen LogP contribution is 2.26. The van der Waals surface area contributed by atoms with E-state index in [0.717, 1.165) is 13.1 Å². The van der Waals surface area contributed by atoms with Crippen molar-refractivity contribution in [2.24, 2.45) is 0 Å². The van der Waals surface area contributed by atoms with Gasteiger partial charge in [0.15, 0.2) is 0 Å². The quantitative estimate of drug-likeness (QED) is 0.698. The zero-order chi connectivity index (χ0) is 13.2. The minimum Gasteiger partial charge on any atom is -0.377 e. The molecule has 0 atom stereocenters. The average Bonchev–Trinajstić information content (AvgIpc) is 2.54. The molecule has 6 heteroatoms. The molecule has 1 spiro atoms. The highest BCUT2D eigenvalue weighted by molar-refractivity contribution is 6.07. The highest BCUT2D eigenvalue weighted by Gasteiger charge is 2.51. The van der Waals surface area contributed by atoms with Crippen LogP contribution < -0.4 is 10.6 Å². The second-order valence-electron chi connectivity index (χ2n) is 5.14. The van der Waals surface area contributed by atoms with Gasteiger partial charge in [0.1, 0.15) is 5.54 Å². The molecule has 2 aliphatic rings. The number of ether oxygens (including phenoxy) is 1. The van der Waals surface area contributed by atoms with Crippen molar-refractivity contribution in [1.29, 1.82) is 0 Å². The number of carbonyl (C=O) groups is 2. The van der Waals surface area contributed by atoms with Crippen LogP contribution in [0.15, 0.2) is 0 Å². The first-order valence-corrected chi connectivity index (χ1v) is 6.51. The fourth-order valence-electron chi connectivity index (χ4n) is 2.45. The third-order valence-corrected chi connectivity index (χ3v) is 3.47. The molecule has 0 aromatic carbocycles. The Morgan fingerprint density at radius 1 is 1.33 bits per heavy atom. The number of nitrogens with one attached hydrogen (secondary N) is 2. The van der Waals surface area contributed by atoms with E-state index < -0.39 is 5.54 Å². The Bertz CT molecular complexity index is 337. The summed E-state index contributed by atoms with van der Waals surface area (Å²) >= 11 is 0. The Balaban J connectivity index is 1.96. The number of hydrogen-bond donors (Lipinski definition) is 2. The molecule has 6 nitrogen and oxygen atoms in total. The predicted molar refractivity (Wildman–Crippen MR) is 66.2 cm³/mol. The van der Waals surface area contributed by atoms with Gasteiger partial charge >= 0.3 is 6.03 Å². The smallest absolute Gasteiger partial charge is 0.325 e. The first kappa shape index (κ1) is 13.3. The molecule has 0 aromatic heterocycles. The van der Waals surface area contributed by atoms with Gasteiger partial charge in [0.05, 0.1) is 19.3 Å². The summed E-state index contributed by atoms with van der Waals surface area (Å²) in [5, 5.41) is 6.05. The summed E-state index contributed by atoms with van der Waals surface area (Å²) in [5.74, 6) is -0.0960. The lowest BCUT2D eigenvalue weighted by molar-refractivity contribution is -0.132. The lowest BCUT2D eigenvalue weighted by atomic mass is 9.88. The van der Waals surface area contributed by atoms with Crippen molar-refractivity contribution in [1.82, 2.24) is 15.5 Å². The first-order chi connectivity index (χ1) is 8.55. The Labute approximate surface area is 107 Å². The van der Waals surface area contributed by atoms with Gasteiger partial charge in [-0.25, -0.2) is 4.79 Å². The molecule has 0 saturated carbocycles. The summed E-state index contributed by atoms with van der Waals surface area (Å²) in [6, 6.07) is -0.283. The Hall–Kier alpha value is -1.14. The van der Waals surface area contributed by atoms with Crippen LogP contribution in [0.1, 0.15) is 26.7 Å². The summed E-state index contributed by atoms with van der Waals surface area (Å²) < 4.78 is 5.39. The number of hydrogen-bond acceptors (Lipinski definition) is 4. The monoisotopic (exact) mass is 255 g/mol. The van der Waals surface area contributed by atoms with Crippen molar-refractivity contribution in [2.75, 3.05) is 26.2 Å². The zero-order valence-corrected chi connectivity index (χ0v) is 11.0. The van der Waals surface area contributed by atoms with E-state index in [-0.39, 0.29) is 18.0 Å². The van der Waals surface area contributed by atoms with Crippen LogP contribution in [-0.4, -0.2) is 54.7 Å². The number of imide groups is 1. The van der Waals surface area contributed by atoms with Crippen molar-refractivity contribution in [3.63, 3.8) is 0 Å². The fourth-order valence-corrected chi connectivity index (χ4v) is 2.45. The topological polar surface area (TPSA) is 70.7 Å². The summed E-state index contributed by atoms with van der Waals surface area (Å²) in [6.45, 7) is 6.12. The van der Waals surface area contributed by atoms with Crippen molar-refractivity contribution in [2.45, 2.75) is 38.3 Å². The highest BCUT2D eigenvalue weighted by atomic mass is 16.5. The Morgan fingerprint density at radius 2 is 2.00 bits per heavy atom. The van der Waals surface area contributed by atoms with Crippen LogP contribution in [0.25, 0.3) is 0 Å². The minimum absolute atomic E-state index is 0.0960. The van der Waals surface area contributed by atoms with E-state index in [1.165, 1.54) is 4.90 Å². The van der Waals surface area contributed by atoms with Gasteiger partial charge in [0.2, 0.25) is 0 Å². The number of urea groups is 1. The second-order valence-corrected chi connectivity index (χ2v) is 5.14. The molecule has 0 aliphatic carbocycles. The largest absolute Gasteiger partial charge is 0.377 e. The molecular weight excluding hydrogens is 234 g/mol. The van der Waals surface area contributed by atoms with Gasteiger partial charge in [-0.05, 0) is 39.8 Å². The standard InChI is InChI=1S/C12H21N3O3/c1-9(2)18-8-7-15-10(16)12(14-11(15)17)3-5-13-6-4-12/h9,13H,3-8H2,1-2H3,(H,14,17). The molecule has 2 heterocycles. The molecule has 3 amide bonds.